The van der Waals surface area contributed by atoms with Gasteiger partial charge in [-0.3, -0.25) is 5.41 Å². The largest absolute Gasteiger partial charge is 0.496 e. The molecule has 0 saturated heterocycles. The first kappa shape index (κ1) is 13.4. The molecule has 1 rings (SSSR count). The number of methoxy groups -OCH3 is 2. The molecule has 0 spiro atoms. The first-order valence-corrected chi connectivity index (χ1v) is 5.79. The van der Waals surface area contributed by atoms with E-state index in [0.29, 0.717) is 17.1 Å². The van der Waals surface area contributed by atoms with E-state index in [1.54, 1.807) is 12.1 Å². The van der Waals surface area contributed by atoms with E-state index in [2.05, 4.69) is 4.74 Å². The molecule has 6 heteroatoms. The molecule has 0 unspecified atom stereocenters. The molecule has 1 aromatic carbocycles. The smallest absolute Gasteiger partial charge is 0.341 e. The lowest BCUT2D eigenvalue weighted by Gasteiger charge is -2.08. The van der Waals surface area contributed by atoms with Crippen LogP contribution in [-0.2, 0) is 10.5 Å². The second kappa shape index (κ2) is 6.15. The minimum Gasteiger partial charge on any atom is -0.496 e. The Morgan fingerprint density at radius 3 is 2.71 bits per heavy atom. The Morgan fingerprint density at radius 1 is 1.47 bits per heavy atom. The molecular weight excluding hydrogens is 240 g/mol. The van der Waals surface area contributed by atoms with E-state index >= 15 is 0 Å². The van der Waals surface area contributed by atoms with Crippen molar-refractivity contribution in [3.8, 4) is 5.75 Å². The zero-order valence-electron chi connectivity index (χ0n) is 9.65. The molecule has 0 aromatic heterocycles. The summed E-state index contributed by atoms with van der Waals surface area (Å²) in [7, 11) is 2.81. The van der Waals surface area contributed by atoms with Gasteiger partial charge in [0.1, 0.15) is 11.3 Å². The molecule has 1 aromatic rings. The van der Waals surface area contributed by atoms with E-state index in [0.717, 1.165) is 5.56 Å². The highest BCUT2D eigenvalue weighted by Crippen LogP contribution is 2.23. The van der Waals surface area contributed by atoms with Crippen LogP contribution < -0.4 is 10.5 Å². The van der Waals surface area contributed by atoms with Crippen LogP contribution in [0.4, 0.5) is 0 Å². The highest BCUT2D eigenvalue weighted by atomic mass is 32.2. The van der Waals surface area contributed by atoms with Crippen molar-refractivity contribution in [1.29, 1.82) is 5.41 Å². The van der Waals surface area contributed by atoms with Crippen molar-refractivity contribution in [3.63, 3.8) is 0 Å². The first-order chi connectivity index (χ1) is 8.08. The van der Waals surface area contributed by atoms with E-state index < -0.39 is 5.97 Å². The summed E-state index contributed by atoms with van der Waals surface area (Å²) in [6.45, 7) is 0. The summed E-state index contributed by atoms with van der Waals surface area (Å²) >= 11 is 1.19. The van der Waals surface area contributed by atoms with Gasteiger partial charge in [-0.05, 0) is 17.7 Å². The summed E-state index contributed by atoms with van der Waals surface area (Å²) in [5.41, 5.74) is 6.50. The number of benzene rings is 1. The molecule has 0 saturated carbocycles. The number of hydrogen-bond acceptors (Lipinski definition) is 5. The van der Waals surface area contributed by atoms with Gasteiger partial charge in [0, 0.05) is 5.75 Å². The Morgan fingerprint density at radius 2 is 2.18 bits per heavy atom. The number of carbonyl (C=O) groups excluding carboxylic acids is 1. The molecule has 0 aliphatic rings. The number of amidine groups is 1. The average molecular weight is 254 g/mol. The number of esters is 1. The van der Waals surface area contributed by atoms with Gasteiger partial charge in [0.2, 0.25) is 0 Å². The SMILES string of the molecule is COC(=O)c1cc(CSC(=N)N)ccc1OC. The van der Waals surface area contributed by atoms with Crippen LogP contribution in [0.15, 0.2) is 18.2 Å². The van der Waals surface area contributed by atoms with E-state index in [1.165, 1.54) is 26.0 Å². The van der Waals surface area contributed by atoms with Crippen LogP contribution in [0.2, 0.25) is 0 Å². The lowest BCUT2D eigenvalue weighted by atomic mass is 10.1. The quantitative estimate of drug-likeness (QED) is 0.484. The normalized spacial score (nSPS) is 9.76. The van der Waals surface area contributed by atoms with Crippen LogP contribution in [0.3, 0.4) is 0 Å². The molecule has 0 heterocycles. The monoisotopic (exact) mass is 254 g/mol. The third kappa shape index (κ3) is 3.67. The average Bonchev–Trinajstić information content (AvgIpc) is 2.34. The number of hydrogen-bond donors (Lipinski definition) is 2. The Balaban J connectivity index is 2.96. The summed E-state index contributed by atoms with van der Waals surface area (Å²) in [4.78, 5) is 11.5. The summed E-state index contributed by atoms with van der Waals surface area (Å²) in [5.74, 6) is 0.550. The molecule has 0 amide bonds. The van der Waals surface area contributed by atoms with E-state index in [4.69, 9.17) is 15.9 Å². The third-order valence-electron chi connectivity index (χ3n) is 2.06. The van der Waals surface area contributed by atoms with Gasteiger partial charge in [0.05, 0.1) is 14.2 Å². The molecule has 17 heavy (non-hydrogen) atoms. The maximum Gasteiger partial charge on any atom is 0.341 e. The van der Waals surface area contributed by atoms with Crippen LogP contribution >= 0.6 is 11.8 Å². The third-order valence-corrected chi connectivity index (χ3v) is 2.85. The predicted octanol–water partition coefficient (Wildman–Crippen LogP) is 1.61. The van der Waals surface area contributed by atoms with Crippen molar-refractivity contribution >= 4 is 22.9 Å². The molecule has 0 bridgehead atoms. The number of nitrogens with one attached hydrogen (secondary N) is 1. The highest BCUT2D eigenvalue weighted by Gasteiger charge is 2.13. The second-order valence-corrected chi connectivity index (χ2v) is 4.20. The van der Waals surface area contributed by atoms with E-state index in [1.807, 2.05) is 6.07 Å². The van der Waals surface area contributed by atoms with Crippen molar-refractivity contribution < 1.29 is 14.3 Å². The van der Waals surface area contributed by atoms with Gasteiger partial charge < -0.3 is 15.2 Å². The molecule has 0 aliphatic carbocycles. The Bertz CT molecular complexity index is 435. The van der Waals surface area contributed by atoms with E-state index in [-0.39, 0.29) is 5.17 Å². The minimum absolute atomic E-state index is 0.0421. The maximum atomic E-state index is 11.5. The van der Waals surface area contributed by atoms with Gasteiger partial charge in [-0.2, -0.15) is 0 Å². The van der Waals surface area contributed by atoms with Gasteiger partial charge in [0.15, 0.2) is 5.17 Å². The molecule has 0 radical (unpaired) electrons. The fourth-order valence-corrected chi connectivity index (χ4v) is 1.78. The molecule has 0 aliphatic heterocycles. The van der Waals surface area contributed by atoms with Crippen molar-refractivity contribution in [2.75, 3.05) is 14.2 Å². The highest BCUT2D eigenvalue weighted by molar-refractivity contribution is 8.13. The van der Waals surface area contributed by atoms with Crippen LogP contribution in [0, 0.1) is 5.41 Å². The zero-order chi connectivity index (χ0) is 12.8. The van der Waals surface area contributed by atoms with Crippen LogP contribution in [0.1, 0.15) is 15.9 Å². The van der Waals surface area contributed by atoms with Gasteiger partial charge >= 0.3 is 5.97 Å². The standard InChI is InChI=1S/C11H14N2O3S/c1-15-9-4-3-7(6-17-11(12)13)5-8(9)10(14)16-2/h3-5H,6H2,1-2H3,(H3,12,13). The number of thioether (sulfide) groups is 1. The van der Waals surface area contributed by atoms with Gasteiger partial charge in [-0.15, -0.1) is 0 Å². The van der Waals surface area contributed by atoms with Crippen molar-refractivity contribution in [3.05, 3.63) is 29.3 Å². The second-order valence-electron chi connectivity index (χ2n) is 3.18. The predicted molar refractivity (Wildman–Crippen MR) is 67.5 cm³/mol. The topological polar surface area (TPSA) is 85.4 Å². The maximum absolute atomic E-state index is 11.5. The van der Waals surface area contributed by atoms with Gasteiger partial charge in [0.25, 0.3) is 0 Å². The Labute approximate surface area is 104 Å². The van der Waals surface area contributed by atoms with Crippen molar-refractivity contribution in [2.24, 2.45) is 5.73 Å². The number of carbonyl (C=O) groups is 1. The first-order valence-electron chi connectivity index (χ1n) is 4.80. The fraction of sp³-hybridized carbons (Fsp3) is 0.273. The lowest BCUT2D eigenvalue weighted by Crippen LogP contribution is -2.06. The summed E-state index contributed by atoms with van der Waals surface area (Å²) < 4.78 is 9.74. The van der Waals surface area contributed by atoms with Crippen molar-refractivity contribution in [1.82, 2.24) is 0 Å². The zero-order valence-corrected chi connectivity index (χ0v) is 10.5. The summed E-state index contributed by atoms with van der Waals surface area (Å²) in [6.07, 6.45) is 0. The molecule has 0 fully saturated rings. The van der Waals surface area contributed by atoms with Crippen LogP contribution in [0.5, 0.6) is 5.75 Å². The molecule has 0 atom stereocenters. The van der Waals surface area contributed by atoms with Crippen LogP contribution in [-0.4, -0.2) is 25.4 Å². The van der Waals surface area contributed by atoms with Gasteiger partial charge in [-0.25, -0.2) is 4.79 Å². The molecular formula is C11H14N2O3S. The fourth-order valence-electron chi connectivity index (χ4n) is 1.28. The number of rotatable bonds is 4. The number of ether oxygens (including phenoxy) is 2. The Kier molecular flexibility index (Phi) is 4.84. The minimum atomic E-state index is -0.448. The molecule has 3 N–H and O–H groups in total. The lowest BCUT2D eigenvalue weighted by molar-refractivity contribution is 0.0597. The van der Waals surface area contributed by atoms with Gasteiger partial charge in [-0.1, -0.05) is 17.8 Å². The van der Waals surface area contributed by atoms with Crippen LogP contribution in [0.25, 0.3) is 0 Å². The molecule has 92 valence electrons. The van der Waals surface area contributed by atoms with Crippen molar-refractivity contribution in [2.45, 2.75) is 5.75 Å². The summed E-state index contributed by atoms with van der Waals surface area (Å²) in [6, 6.07) is 5.20. The molecule has 5 nitrogen and oxygen atoms in total. The number of nitrogens with two attached hydrogens (primary N) is 1. The Hall–Kier alpha value is -1.69. The summed E-state index contributed by atoms with van der Waals surface area (Å²) in [5, 5.41) is 7.16. The van der Waals surface area contributed by atoms with E-state index in [9.17, 15) is 4.79 Å².